The molecule has 110 valence electrons. The summed E-state index contributed by atoms with van der Waals surface area (Å²) in [7, 11) is 0. The molecule has 0 saturated carbocycles. The molecule has 0 saturated heterocycles. The van der Waals surface area contributed by atoms with Crippen LogP contribution in [0.4, 0.5) is 10.7 Å². The zero-order valence-corrected chi connectivity index (χ0v) is 13.5. The standard InChI is InChI=1S/C15H23N3OS/c1-5-7-18(8-6-2)15-11(9-16)12(17)14(20-15)13(19)10(3)4/h10H,5-8,17H2,1-4H3. The van der Waals surface area contributed by atoms with Gasteiger partial charge in [0.25, 0.3) is 0 Å². The van der Waals surface area contributed by atoms with Crippen molar-refractivity contribution in [3.63, 3.8) is 0 Å². The molecule has 0 unspecified atom stereocenters. The van der Waals surface area contributed by atoms with Gasteiger partial charge >= 0.3 is 0 Å². The number of anilines is 2. The van der Waals surface area contributed by atoms with Crippen molar-refractivity contribution < 1.29 is 4.79 Å². The van der Waals surface area contributed by atoms with E-state index in [0.29, 0.717) is 16.1 Å². The number of carbonyl (C=O) groups excluding carboxylic acids is 1. The number of nitrogens with zero attached hydrogens (tertiary/aromatic N) is 2. The van der Waals surface area contributed by atoms with Crippen molar-refractivity contribution in [1.82, 2.24) is 0 Å². The third-order valence-corrected chi connectivity index (χ3v) is 4.34. The van der Waals surface area contributed by atoms with E-state index < -0.39 is 0 Å². The van der Waals surface area contributed by atoms with Crippen molar-refractivity contribution >= 4 is 27.8 Å². The van der Waals surface area contributed by atoms with Crippen LogP contribution in [0.5, 0.6) is 0 Å². The van der Waals surface area contributed by atoms with Crippen molar-refractivity contribution in [2.24, 2.45) is 5.92 Å². The fourth-order valence-electron chi connectivity index (χ4n) is 2.06. The highest BCUT2D eigenvalue weighted by Gasteiger charge is 2.25. The Morgan fingerprint density at radius 3 is 2.30 bits per heavy atom. The molecule has 1 heterocycles. The highest BCUT2D eigenvalue weighted by atomic mass is 32.1. The lowest BCUT2D eigenvalue weighted by molar-refractivity contribution is 0.0944. The molecule has 2 N–H and O–H groups in total. The Hall–Kier alpha value is -1.54. The van der Waals surface area contributed by atoms with E-state index in [0.717, 1.165) is 30.9 Å². The Balaban J connectivity index is 3.29. The number of hydrogen-bond acceptors (Lipinski definition) is 5. The van der Waals surface area contributed by atoms with Gasteiger partial charge in [-0.05, 0) is 12.8 Å². The van der Waals surface area contributed by atoms with Crippen LogP contribution < -0.4 is 10.6 Å². The van der Waals surface area contributed by atoms with E-state index in [9.17, 15) is 10.1 Å². The molecule has 0 amide bonds. The average molecular weight is 293 g/mol. The molecule has 0 aromatic carbocycles. The highest BCUT2D eigenvalue weighted by Crippen LogP contribution is 2.39. The van der Waals surface area contributed by atoms with E-state index in [1.807, 2.05) is 13.8 Å². The smallest absolute Gasteiger partial charge is 0.177 e. The molecule has 4 nitrogen and oxygen atoms in total. The van der Waals surface area contributed by atoms with E-state index in [2.05, 4.69) is 24.8 Å². The molecule has 0 bridgehead atoms. The minimum Gasteiger partial charge on any atom is -0.396 e. The Bertz CT molecular complexity index is 508. The second-order valence-corrected chi connectivity index (χ2v) is 6.14. The third-order valence-electron chi connectivity index (χ3n) is 3.06. The van der Waals surface area contributed by atoms with Crippen LogP contribution in [0.1, 0.15) is 55.8 Å². The largest absolute Gasteiger partial charge is 0.396 e. The van der Waals surface area contributed by atoms with E-state index >= 15 is 0 Å². The van der Waals surface area contributed by atoms with Gasteiger partial charge < -0.3 is 10.6 Å². The van der Waals surface area contributed by atoms with Gasteiger partial charge in [0.05, 0.1) is 10.6 Å². The van der Waals surface area contributed by atoms with Gasteiger partial charge in [0.2, 0.25) is 0 Å². The maximum Gasteiger partial charge on any atom is 0.177 e. The summed E-state index contributed by atoms with van der Waals surface area (Å²) in [5, 5.41) is 10.2. The number of rotatable bonds is 7. The lowest BCUT2D eigenvalue weighted by atomic mass is 10.1. The first-order valence-corrected chi connectivity index (χ1v) is 7.90. The zero-order valence-electron chi connectivity index (χ0n) is 12.7. The molecule has 0 aliphatic heterocycles. The van der Waals surface area contributed by atoms with Crippen LogP contribution in [0.15, 0.2) is 0 Å². The van der Waals surface area contributed by atoms with Gasteiger partial charge in [-0.3, -0.25) is 4.79 Å². The van der Waals surface area contributed by atoms with Gasteiger partial charge in [-0.1, -0.05) is 27.7 Å². The molecule has 0 aliphatic rings. The monoisotopic (exact) mass is 293 g/mol. The van der Waals surface area contributed by atoms with Crippen LogP contribution in [-0.4, -0.2) is 18.9 Å². The summed E-state index contributed by atoms with van der Waals surface area (Å²) in [5.74, 6) is -0.0932. The first-order valence-electron chi connectivity index (χ1n) is 7.09. The highest BCUT2D eigenvalue weighted by molar-refractivity contribution is 7.19. The quantitative estimate of drug-likeness (QED) is 0.779. The molecular weight excluding hydrogens is 270 g/mol. The molecule has 1 aromatic heterocycles. The molecule has 0 radical (unpaired) electrons. The van der Waals surface area contributed by atoms with Crippen molar-refractivity contribution in [3.8, 4) is 6.07 Å². The van der Waals surface area contributed by atoms with Gasteiger partial charge in [0.15, 0.2) is 5.78 Å². The van der Waals surface area contributed by atoms with E-state index in [4.69, 9.17) is 5.73 Å². The third kappa shape index (κ3) is 3.31. The molecule has 20 heavy (non-hydrogen) atoms. The van der Waals surface area contributed by atoms with Crippen LogP contribution in [0.2, 0.25) is 0 Å². The number of ketones is 1. The van der Waals surface area contributed by atoms with Gasteiger partial charge in [0, 0.05) is 19.0 Å². The van der Waals surface area contributed by atoms with E-state index in [1.165, 1.54) is 11.3 Å². The first kappa shape index (κ1) is 16.5. The number of carbonyl (C=O) groups is 1. The van der Waals surface area contributed by atoms with Gasteiger partial charge in [0.1, 0.15) is 16.6 Å². The Morgan fingerprint density at radius 2 is 1.90 bits per heavy atom. The van der Waals surface area contributed by atoms with Crippen LogP contribution in [0.25, 0.3) is 0 Å². The van der Waals surface area contributed by atoms with Crippen molar-refractivity contribution in [3.05, 3.63) is 10.4 Å². The zero-order chi connectivity index (χ0) is 15.3. The second kappa shape index (κ2) is 7.30. The van der Waals surface area contributed by atoms with Crippen LogP contribution >= 0.6 is 11.3 Å². The summed E-state index contributed by atoms with van der Waals surface area (Å²) >= 11 is 1.36. The molecule has 0 atom stereocenters. The summed E-state index contributed by atoms with van der Waals surface area (Å²) in [5.41, 5.74) is 6.83. The number of nitrogen functional groups attached to an aromatic ring is 1. The summed E-state index contributed by atoms with van der Waals surface area (Å²) < 4.78 is 0. The van der Waals surface area contributed by atoms with Crippen LogP contribution in [-0.2, 0) is 0 Å². The topological polar surface area (TPSA) is 70.1 Å². The fraction of sp³-hybridized carbons (Fsp3) is 0.600. The number of nitrogens with two attached hydrogens (primary N) is 1. The first-order chi connectivity index (χ1) is 9.47. The minimum atomic E-state index is -0.110. The summed E-state index contributed by atoms with van der Waals surface area (Å²) in [4.78, 5) is 14.9. The average Bonchev–Trinajstić information content (AvgIpc) is 2.74. The second-order valence-electron chi connectivity index (χ2n) is 5.14. The summed E-state index contributed by atoms with van der Waals surface area (Å²) in [6, 6.07) is 2.17. The molecule has 0 spiro atoms. The van der Waals surface area contributed by atoms with E-state index in [1.54, 1.807) is 0 Å². The van der Waals surface area contributed by atoms with Crippen LogP contribution in [0, 0.1) is 17.2 Å². The Kier molecular flexibility index (Phi) is 6.03. The van der Waals surface area contributed by atoms with Gasteiger partial charge in [-0.15, -0.1) is 11.3 Å². The molecule has 1 aromatic rings. The number of hydrogen-bond donors (Lipinski definition) is 1. The number of Topliss-reactive ketones (excluding diaryl/α,β-unsaturated/α-hetero) is 1. The molecule has 0 aliphatic carbocycles. The molecule has 0 fully saturated rings. The normalized spacial score (nSPS) is 10.6. The summed E-state index contributed by atoms with van der Waals surface area (Å²) in [6.45, 7) is 9.65. The molecule has 1 rings (SSSR count). The predicted octanol–water partition coefficient (Wildman–Crippen LogP) is 3.67. The number of nitriles is 1. The minimum absolute atomic E-state index is 0.0168. The molecular formula is C15H23N3OS. The predicted molar refractivity (Wildman–Crippen MR) is 85.4 cm³/mol. The van der Waals surface area contributed by atoms with Crippen molar-refractivity contribution in [2.75, 3.05) is 23.7 Å². The Morgan fingerprint density at radius 1 is 1.35 bits per heavy atom. The maximum absolute atomic E-state index is 12.2. The lowest BCUT2D eigenvalue weighted by Gasteiger charge is -2.22. The van der Waals surface area contributed by atoms with Crippen molar-refractivity contribution in [1.29, 1.82) is 5.26 Å². The van der Waals surface area contributed by atoms with Gasteiger partial charge in [-0.25, -0.2) is 0 Å². The maximum atomic E-state index is 12.2. The van der Waals surface area contributed by atoms with E-state index in [-0.39, 0.29) is 11.7 Å². The SMILES string of the molecule is CCCN(CCC)c1sc(C(=O)C(C)C)c(N)c1C#N. The Labute approximate surface area is 125 Å². The van der Waals surface area contributed by atoms with Crippen LogP contribution in [0.3, 0.4) is 0 Å². The number of thiophene rings is 1. The van der Waals surface area contributed by atoms with Crippen molar-refractivity contribution in [2.45, 2.75) is 40.5 Å². The van der Waals surface area contributed by atoms with Gasteiger partial charge in [-0.2, -0.15) is 5.26 Å². The lowest BCUT2D eigenvalue weighted by Crippen LogP contribution is -2.24. The summed E-state index contributed by atoms with van der Waals surface area (Å²) in [6.07, 6.45) is 1.99. The molecule has 5 heteroatoms. The fourth-order valence-corrected chi connectivity index (χ4v) is 3.37.